The van der Waals surface area contributed by atoms with E-state index in [1.54, 1.807) is 0 Å². The molecule has 1 aliphatic rings. The van der Waals surface area contributed by atoms with Crippen molar-refractivity contribution in [1.82, 2.24) is 20.6 Å². The Balaban J connectivity index is 1.95. The van der Waals surface area contributed by atoms with Crippen molar-refractivity contribution in [3.8, 4) is 11.4 Å². The van der Waals surface area contributed by atoms with Crippen molar-refractivity contribution in [2.45, 2.75) is 24.7 Å². The van der Waals surface area contributed by atoms with Crippen LogP contribution in [-0.2, 0) is 10.2 Å². The summed E-state index contributed by atoms with van der Waals surface area (Å²) in [5, 5.41) is 22.8. The highest BCUT2D eigenvalue weighted by Gasteiger charge is 2.46. The Morgan fingerprint density at radius 3 is 2.89 bits per heavy atom. The number of aromatic amines is 1. The lowest BCUT2D eigenvalue weighted by molar-refractivity contribution is -0.137. The third kappa shape index (κ3) is 1.85. The van der Waals surface area contributed by atoms with Crippen molar-refractivity contribution < 1.29 is 9.90 Å². The average Bonchev–Trinajstić information content (AvgIpc) is 2.93. The Morgan fingerprint density at radius 1 is 1.44 bits per heavy atom. The molecule has 18 heavy (non-hydrogen) atoms. The Hall–Kier alpha value is -2.24. The van der Waals surface area contributed by atoms with Crippen LogP contribution in [0.25, 0.3) is 11.4 Å². The maximum atomic E-state index is 10.9. The first-order valence-electron chi connectivity index (χ1n) is 5.76. The average molecular weight is 244 g/mol. The molecule has 0 saturated heterocycles. The molecule has 1 fully saturated rings. The van der Waals surface area contributed by atoms with Gasteiger partial charge in [0.1, 0.15) is 0 Å². The maximum absolute atomic E-state index is 10.9. The highest BCUT2D eigenvalue weighted by Crippen LogP contribution is 2.51. The second kappa shape index (κ2) is 3.90. The Labute approximate surface area is 103 Å². The maximum Gasteiger partial charge on any atom is 0.304 e. The zero-order chi connectivity index (χ0) is 12.6. The number of carbonyl (C=O) groups is 1. The number of aromatic nitrogens is 4. The van der Waals surface area contributed by atoms with E-state index in [9.17, 15) is 4.79 Å². The Morgan fingerprint density at radius 2 is 2.28 bits per heavy atom. The molecule has 0 spiro atoms. The lowest BCUT2D eigenvalue weighted by atomic mass is 9.91. The number of H-pyrrole nitrogens is 1. The number of carboxylic acid groups (broad SMARTS) is 1. The van der Waals surface area contributed by atoms with Crippen LogP contribution in [0.1, 0.15) is 24.8 Å². The Kier molecular flexibility index (Phi) is 2.36. The van der Waals surface area contributed by atoms with Gasteiger partial charge in [-0.15, -0.1) is 10.2 Å². The highest BCUT2D eigenvalue weighted by molar-refractivity contribution is 5.70. The number of hydrogen-bond acceptors (Lipinski definition) is 4. The van der Waals surface area contributed by atoms with Crippen LogP contribution in [0.3, 0.4) is 0 Å². The fraction of sp³-hybridized carbons (Fsp3) is 0.333. The van der Waals surface area contributed by atoms with Gasteiger partial charge in [0, 0.05) is 11.0 Å². The molecule has 6 heteroatoms. The van der Waals surface area contributed by atoms with E-state index in [4.69, 9.17) is 5.11 Å². The zero-order valence-corrected chi connectivity index (χ0v) is 9.63. The lowest BCUT2D eigenvalue weighted by Gasteiger charge is -2.13. The summed E-state index contributed by atoms with van der Waals surface area (Å²) >= 11 is 0. The molecule has 0 aliphatic heterocycles. The first-order chi connectivity index (χ1) is 8.70. The third-order valence-corrected chi connectivity index (χ3v) is 3.42. The van der Waals surface area contributed by atoms with Crippen LogP contribution in [0.4, 0.5) is 0 Å². The molecular weight excluding hydrogens is 232 g/mol. The third-order valence-electron chi connectivity index (χ3n) is 3.42. The fourth-order valence-electron chi connectivity index (χ4n) is 2.28. The van der Waals surface area contributed by atoms with E-state index in [0.717, 1.165) is 24.0 Å². The number of aliphatic carboxylic acids is 1. The smallest absolute Gasteiger partial charge is 0.304 e. The van der Waals surface area contributed by atoms with Gasteiger partial charge in [0.05, 0.1) is 6.42 Å². The summed E-state index contributed by atoms with van der Waals surface area (Å²) in [5.41, 5.74) is 1.72. The molecule has 92 valence electrons. The van der Waals surface area contributed by atoms with Gasteiger partial charge in [0.2, 0.25) is 5.82 Å². The Bertz CT molecular complexity index is 576. The molecule has 1 heterocycles. The monoisotopic (exact) mass is 244 g/mol. The van der Waals surface area contributed by atoms with Gasteiger partial charge in [-0.05, 0) is 29.7 Å². The van der Waals surface area contributed by atoms with Crippen molar-refractivity contribution >= 4 is 5.97 Å². The van der Waals surface area contributed by atoms with Gasteiger partial charge < -0.3 is 5.11 Å². The summed E-state index contributed by atoms with van der Waals surface area (Å²) in [6.07, 6.45) is 2.03. The molecule has 2 aromatic rings. The van der Waals surface area contributed by atoms with Crippen molar-refractivity contribution in [3.63, 3.8) is 0 Å². The molecule has 1 aromatic heterocycles. The second-order valence-corrected chi connectivity index (χ2v) is 4.67. The van der Waals surface area contributed by atoms with Gasteiger partial charge >= 0.3 is 5.97 Å². The summed E-state index contributed by atoms with van der Waals surface area (Å²) < 4.78 is 0. The predicted molar refractivity (Wildman–Crippen MR) is 62.8 cm³/mol. The van der Waals surface area contributed by atoms with Crippen LogP contribution in [0.5, 0.6) is 0 Å². The van der Waals surface area contributed by atoms with Crippen molar-refractivity contribution in [2.24, 2.45) is 0 Å². The molecule has 0 radical (unpaired) electrons. The minimum Gasteiger partial charge on any atom is -0.481 e. The molecule has 1 saturated carbocycles. The minimum absolute atomic E-state index is 0.183. The molecule has 1 aliphatic carbocycles. The highest BCUT2D eigenvalue weighted by atomic mass is 16.4. The van der Waals surface area contributed by atoms with E-state index in [-0.39, 0.29) is 11.8 Å². The standard InChI is InChI=1S/C12H12N4O2/c17-10(18)7-12(4-5-12)9-3-1-2-8(6-9)11-13-15-16-14-11/h1-3,6H,4-5,7H2,(H,17,18)(H,13,14,15,16). The summed E-state index contributed by atoms with van der Waals surface area (Å²) in [7, 11) is 0. The SMILES string of the molecule is O=C(O)CC1(c2cccc(-c3nn[nH]n3)c2)CC1. The number of nitrogens with one attached hydrogen (secondary N) is 1. The molecule has 0 unspecified atom stereocenters. The van der Waals surface area contributed by atoms with Crippen LogP contribution >= 0.6 is 0 Å². The van der Waals surface area contributed by atoms with Crippen LogP contribution in [-0.4, -0.2) is 31.7 Å². The molecule has 0 bridgehead atoms. The van der Waals surface area contributed by atoms with Crippen molar-refractivity contribution in [2.75, 3.05) is 0 Å². The number of nitrogens with zero attached hydrogens (tertiary/aromatic N) is 3. The van der Waals surface area contributed by atoms with Crippen LogP contribution in [0, 0.1) is 0 Å². The van der Waals surface area contributed by atoms with Crippen LogP contribution in [0.15, 0.2) is 24.3 Å². The summed E-state index contributed by atoms with van der Waals surface area (Å²) in [6, 6.07) is 7.73. The summed E-state index contributed by atoms with van der Waals surface area (Å²) in [6.45, 7) is 0. The van der Waals surface area contributed by atoms with Crippen molar-refractivity contribution in [3.05, 3.63) is 29.8 Å². The van der Waals surface area contributed by atoms with Gasteiger partial charge in [0.15, 0.2) is 0 Å². The van der Waals surface area contributed by atoms with E-state index in [1.807, 2.05) is 24.3 Å². The number of carboxylic acids is 1. The quantitative estimate of drug-likeness (QED) is 0.847. The summed E-state index contributed by atoms with van der Waals surface area (Å²) in [4.78, 5) is 10.9. The number of rotatable bonds is 4. The molecule has 0 amide bonds. The van der Waals surface area contributed by atoms with Crippen LogP contribution < -0.4 is 0 Å². The van der Waals surface area contributed by atoms with Crippen LogP contribution in [0.2, 0.25) is 0 Å². The zero-order valence-electron chi connectivity index (χ0n) is 9.63. The number of benzene rings is 1. The van der Waals surface area contributed by atoms with E-state index in [2.05, 4.69) is 20.6 Å². The number of tetrazole rings is 1. The van der Waals surface area contributed by atoms with Gasteiger partial charge in [-0.1, -0.05) is 18.2 Å². The van der Waals surface area contributed by atoms with Gasteiger partial charge in [-0.2, -0.15) is 5.21 Å². The van der Waals surface area contributed by atoms with E-state index >= 15 is 0 Å². The van der Waals surface area contributed by atoms with Crippen molar-refractivity contribution in [1.29, 1.82) is 0 Å². The summed E-state index contributed by atoms with van der Waals surface area (Å²) in [5.74, 6) is -0.222. The molecule has 1 aromatic carbocycles. The van der Waals surface area contributed by atoms with E-state index in [1.165, 1.54) is 0 Å². The first kappa shape index (κ1) is 10.9. The minimum atomic E-state index is -0.752. The number of hydrogen-bond donors (Lipinski definition) is 2. The largest absolute Gasteiger partial charge is 0.481 e. The van der Waals surface area contributed by atoms with E-state index in [0.29, 0.717) is 5.82 Å². The predicted octanol–water partition coefficient (Wildman–Crippen LogP) is 1.37. The molecule has 2 N–H and O–H groups in total. The van der Waals surface area contributed by atoms with E-state index < -0.39 is 5.97 Å². The van der Waals surface area contributed by atoms with Gasteiger partial charge in [0.25, 0.3) is 0 Å². The second-order valence-electron chi connectivity index (χ2n) is 4.67. The lowest BCUT2D eigenvalue weighted by Crippen LogP contribution is -2.12. The fourth-order valence-corrected chi connectivity index (χ4v) is 2.28. The van der Waals surface area contributed by atoms with Gasteiger partial charge in [-0.3, -0.25) is 4.79 Å². The molecule has 0 atom stereocenters. The molecule has 3 rings (SSSR count). The first-order valence-corrected chi connectivity index (χ1v) is 5.76. The molecule has 6 nitrogen and oxygen atoms in total. The molecular formula is C12H12N4O2. The van der Waals surface area contributed by atoms with Gasteiger partial charge in [-0.25, -0.2) is 0 Å². The topological polar surface area (TPSA) is 91.8 Å². The normalized spacial score (nSPS) is 16.4.